The van der Waals surface area contributed by atoms with Gasteiger partial charge in [-0.05, 0) is 68.0 Å². The van der Waals surface area contributed by atoms with Crippen molar-refractivity contribution in [1.29, 1.82) is 5.26 Å². The highest BCUT2D eigenvalue weighted by Gasteiger charge is 2.33. The third-order valence-electron chi connectivity index (χ3n) is 6.90. The molecule has 0 aliphatic carbocycles. The van der Waals surface area contributed by atoms with E-state index < -0.39 is 10.0 Å². The summed E-state index contributed by atoms with van der Waals surface area (Å²) in [4.78, 5) is 17.6. The fourth-order valence-electron chi connectivity index (χ4n) is 4.93. The first-order valence-electron chi connectivity index (χ1n) is 12.0. The maximum Gasteiger partial charge on any atom is 0.243 e. The Morgan fingerprint density at radius 3 is 2.29 bits per heavy atom. The van der Waals surface area contributed by atoms with E-state index in [9.17, 15) is 13.2 Å². The van der Waals surface area contributed by atoms with Gasteiger partial charge in [-0.3, -0.25) is 4.79 Å². The number of carbonyl (C=O) groups excluding carboxylic acids is 1. The van der Waals surface area contributed by atoms with Crippen LogP contribution >= 0.6 is 0 Å². The van der Waals surface area contributed by atoms with Gasteiger partial charge in [-0.1, -0.05) is 18.2 Å². The Hall–Kier alpha value is -2.89. The zero-order valence-corrected chi connectivity index (χ0v) is 20.5. The number of hydrogen-bond donors (Lipinski definition) is 0. The molecule has 0 bridgehead atoms. The molecule has 0 spiro atoms. The summed E-state index contributed by atoms with van der Waals surface area (Å²) in [6, 6.07) is 16.3. The molecule has 7 nitrogen and oxygen atoms in total. The summed E-state index contributed by atoms with van der Waals surface area (Å²) < 4.78 is 27.4. The Morgan fingerprint density at radius 1 is 1.00 bits per heavy atom. The Morgan fingerprint density at radius 2 is 1.65 bits per heavy atom. The predicted molar refractivity (Wildman–Crippen MR) is 132 cm³/mol. The van der Waals surface area contributed by atoms with Crippen molar-refractivity contribution in [2.75, 3.05) is 38.1 Å². The summed E-state index contributed by atoms with van der Waals surface area (Å²) >= 11 is 0. The molecule has 2 fully saturated rings. The van der Waals surface area contributed by atoms with E-state index in [4.69, 9.17) is 5.26 Å². The summed E-state index contributed by atoms with van der Waals surface area (Å²) in [7, 11) is -1.79. The van der Waals surface area contributed by atoms with Gasteiger partial charge in [0.05, 0.1) is 16.5 Å². The number of rotatable bonds is 6. The van der Waals surface area contributed by atoms with Gasteiger partial charge in [-0.2, -0.15) is 9.57 Å². The summed E-state index contributed by atoms with van der Waals surface area (Å²) in [5.74, 6) is -0.108. The van der Waals surface area contributed by atoms with Crippen LogP contribution in [-0.4, -0.2) is 56.8 Å². The molecule has 0 aromatic heterocycles. The minimum Gasteiger partial charge on any atom is -0.371 e. The van der Waals surface area contributed by atoms with Gasteiger partial charge < -0.3 is 9.80 Å². The molecule has 0 N–H and O–H groups in total. The van der Waals surface area contributed by atoms with Crippen LogP contribution in [0.2, 0.25) is 0 Å². The number of amides is 1. The fourth-order valence-corrected chi connectivity index (χ4v) is 6.40. The molecule has 0 unspecified atom stereocenters. The van der Waals surface area contributed by atoms with Gasteiger partial charge in [0.25, 0.3) is 0 Å². The van der Waals surface area contributed by atoms with Crippen LogP contribution in [0.15, 0.2) is 53.4 Å². The maximum absolute atomic E-state index is 13.2. The van der Waals surface area contributed by atoms with Crippen LogP contribution in [0.3, 0.4) is 0 Å². The first-order chi connectivity index (χ1) is 16.4. The number of hydrogen-bond acceptors (Lipinski definition) is 5. The van der Waals surface area contributed by atoms with Crippen molar-refractivity contribution in [2.24, 2.45) is 5.92 Å². The van der Waals surface area contributed by atoms with E-state index in [1.807, 2.05) is 19.2 Å². The van der Waals surface area contributed by atoms with Gasteiger partial charge in [0.1, 0.15) is 0 Å². The number of nitriles is 1. The molecule has 1 amide bonds. The number of piperidine rings is 2. The molecule has 2 saturated heterocycles. The van der Waals surface area contributed by atoms with Crippen LogP contribution in [0, 0.1) is 17.2 Å². The minimum atomic E-state index is -3.63. The van der Waals surface area contributed by atoms with Crippen LogP contribution in [-0.2, 0) is 21.4 Å². The Kier molecular flexibility index (Phi) is 7.54. The van der Waals surface area contributed by atoms with Gasteiger partial charge in [0, 0.05) is 51.4 Å². The van der Waals surface area contributed by atoms with E-state index in [1.54, 1.807) is 4.90 Å². The van der Waals surface area contributed by atoms with Crippen LogP contribution in [0.5, 0.6) is 0 Å². The van der Waals surface area contributed by atoms with E-state index in [0.717, 1.165) is 18.7 Å². The topological polar surface area (TPSA) is 84.7 Å². The molecule has 0 atom stereocenters. The lowest BCUT2D eigenvalue weighted by Gasteiger charge is -2.34. The van der Waals surface area contributed by atoms with E-state index in [-0.39, 0.29) is 16.7 Å². The Balaban J connectivity index is 1.37. The maximum atomic E-state index is 13.2. The molecule has 8 heteroatoms. The lowest BCUT2D eigenvalue weighted by atomic mass is 9.96. The van der Waals surface area contributed by atoms with Crippen molar-refractivity contribution in [1.82, 2.24) is 9.21 Å². The molecule has 2 heterocycles. The number of benzene rings is 2. The smallest absolute Gasteiger partial charge is 0.243 e. The third kappa shape index (κ3) is 5.26. The van der Waals surface area contributed by atoms with Gasteiger partial charge in [-0.25, -0.2) is 8.42 Å². The highest BCUT2D eigenvalue weighted by Crippen LogP contribution is 2.28. The van der Waals surface area contributed by atoms with Crippen LogP contribution < -0.4 is 4.90 Å². The van der Waals surface area contributed by atoms with Gasteiger partial charge in [-0.15, -0.1) is 0 Å². The largest absolute Gasteiger partial charge is 0.371 e. The number of para-hydroxylation sites is 1. The molecule has 4 rings (SSSR count). The van der Waals surface area contributed by atoms with Crippen molar-refractivity contribution in [3.05, 3.63) is 59.7 Å². The average molecular weight is 481 g/mol. The second-order valence-corrected chi connectivity index (χ2v) is 11.1. The summed E-state index contributed by atoms with van der Waals surface area (Å²) in [6.07, 6.45) is 4.69. The van der Waals surface area contributed by atoms with E-state index >= 15 is 0 Å². The first kappa shape index (κ1) is 24.2. The number of nitrogens with zero attached hydrogens (tertiary/aromatic N) is 4. The van der Waals surface area contributed by atoms with Crippen molar-refractivity contribution in [2.45, 2.75) is 43.5 Å². The van der Waals surface area contributed by atoms with Crippen molar-refractivity contribution in [3.63, 3.8) is 0 Å². The molecule has 2 aliphatic rings. The fraction of sp³-hybridized carbons (Fsp3) is 0.462. The van der Waals surface area contributed by atoms with Gasteiger partial charge in [0.15, 0.2) is 0 Å². The molecule has 0 radical (unpaired) electrons. The van der Waals surface area contributed by atoms with E-state index in [2.05, 4.69) is 23.1 Å². The van der Waals surface area contributed by atoms with Crippen molar-refractivity contribution in [3.8, 4) is 6.07 Å². The molecule has 2 aromatic rings. The lowest BCUT2D eigenvalue weighted by Crippen LogP contribution is -2.43. The monoisotopic (exact) mass is 480 g/mol. The highest BCUT2D eigenvalue weighted by atomic mass is 32.2. The highest BCUT2D eigenvalue weighted by molar-refractivity contribution is 7.89. The van der Waals surface area contributed by atoms with Crippen molar-refractivity contribution < 1.29 is 13.2 Å². The average Bonchev–Trinajstić information content (AvgIpc) is 2.89. The number of sulfonamides is 1. The minimum absolute atomic E-state index is 0.0730. The number of anilines is 1. The molecular weight excluding hydrogens is 448 g/mol. The molecule has 2 aliphatic heterocycles. The standard InChI is InChI=1S/C26H32N4O3S/c1-28(20-23-7-3-4-8-25(23)29-15-5-2-6-16-29)26(31)22-13-17-30(18-14-22)34(32,33)24-11-9-21(19-27)10-12-24/h3-4,7-12,22H,2,5-6,13-18,20H2,1H3. The Bertz CT molecular complexity index is 1140. The van der Waals surface area contributed by atoms with Crippen LogP contribution in [0.1, 0.15) is 43.2 Å². The molecular formula is C26H32N4O3S. The summed E-state index contributed by atoms with van der Waals surface area (Å²) in [5.41, 5.74) is 2.79. The van der Waals surface area contributed by atoms with Crippen LogP contribution in [0.25, 0.3) is 0 Å². The molecule has 180 valence electrons. The molecule has 0 saturated carbocycles. The zero-order valence-electron chi connectivity index (χ0n) is 19.7. The first-order valence-corrected chi connectivity index (χ1v) is 13.4. The van der Waals surface area contributed by atoms with Gasteiger partial charge >= 0.3 is 0 Å². The van der Waals surface area contributed by atoms with Gasteiger partial charge in [0.2, 0.25) is 15.9 Å². The second-order valence-electron chi connectivity index (χ2n) is 9.19. The van der Waals surface area contributed by atoms with Crippen molar-refractivity contribution >= 4 is 21.6 Å². The predicted octanol–water partition coefficient (Wildman–Crippen LogP) is 3.61. The second kappa shape index (κ2) is 10.6. The number of carbonyl (C=O) groups is 1. The molecule has 2 aromatic carbocycles. The zero-order chi connectivity index (χ0) is 24.1. The SMILES string of the molecule is CN(Cc1ccccc1N1CCCCC1)C(=O)C1CCN(S(=O)(=O)c2ccc(C#N)cc2)CC1. The normalized spacial score (nSPS) is 17.8. The summed E-state index contributed by atoms with van der Waals surface area (Å²) in [6.45, 7) is 3.30. The Labute approximate surface area is 202 Å². The lowest BCUT2D eigenvalue weighted by molar-refractivity contribution is -0.135. The van der Waals surface area contributed by atoms with Crippen LogP contribution in [0.4, 0.5) is 5.69 Å². The third-order valence-corrected chi connectivity index (χ3v) is 8.81. The van der Waals surface area contributed by atoms with E-state index in [1.165, 1.54) is 53.5 Å². The molecule has 34 heavy (non-hydrogen) atoms. The van der Waals surface area contributed by atoms with E-state index in [0.29, 0.717) is 38.0 Å². The summed E-state index contributed by atoms with van der Waals surface area (Å²) in [5, 5.41) is 8.93. The quantitative estimate of drug-likeness (QED) is 0.631.